The molecular weight excluding hydrogens is 376 g/mol. The fraction of sp³-hybridized carbons (Fsp3) is 0.440. The van der Waals surface area contributed by atoms with Gasteiger partial charge in [0.05, 0.1) is 12.1 Å². The van der Waals surface area contributed by atoms with Crippen LogP contribution in [0.25, 0.3) is 0 Å². The summed E-state index contributed by atoms with van der Waals surface area (Å²) >= 11 is 0. The smallest absolute Gasteiger partial charge is 0.304 e. The molecule has 1 aliphatic carbocycles. The molecule has 0 aromatic heterocycles. The first kappa shape index (κ1) is 22.0. The van der Waals surface area contributed by atoms with Gasteiger partial charge in [-0.1, -0.05) is 72.9 Å². The van der Waals surface area contributed by atoms with E-state index >= 15 is 0 Å². The molecule has 0 spiro atoms. The van der Waals surface area contributed by atoms with Crippen molar-refractivity contribution in [1.82, 2.24) is 5.32 Å². The van der Waals surface area contributed by atoms with Crippen LogP contribution in [0.2, 0.25) is 0 Å². The van der Waals surface area contributed by atoms with Gasteiger partial charge in [-0.3, -0.25) is 4.79 Å². The number of carboxylic acid groups (broad SMARTS) is 1. The van der Waals surface area contributed by atoms with Crippen LogP contribution in [0.4, 0.5) is 0 Å². The Morgan fingerprint density at radius 1 is 1.03 bits per heavy atom. The third-order valence-electron chi connectivity index (χ3n) is 5.71. The van der Waals surface area contributed by atoms with Gasteiger partial charge in [-0.15, -0.1) is 0 Å². The lowest BCUT2D eigenvalue weighted by Gasteiger charge is -2.22. The molecule has 0 saturated heterocycles. The lowest BCUT2D eigenvalue weighted by molar-refractivity contribution is -0.136. The van der Waals surface area contributed by atoms with E-state index in [4.69, 9.17) is 9.94 Å². The van der Waals surface area contributed by atoms with Gasteiger partial charge < -0.3 is 15.3 Å². The number of carbonyl (C=O) groups is 1. The van der Waals surface area contributed by atoms with E-state index in [0.717, 1.165) is 28.3 Å². The van der Waals surface area contributed by atoms with Crippen LogP contribution < -0.4 is 5.32 Å². The lowest BCUT2D eigenvalue weighted by atomic mass is 9.84. The number of carboxylic acids is 1. The van der Waals surface area contributed by atoms with Gasteiger partial charge in [-0.25, -0.2) is 0 Å². The Kier molecular flexibility index (Phi) is 8.45. The van der Waals surface area contributed by atoms with E-state index in [2.05, 4.69) is 34.7 Å². The molecule has 0 bridgehead atoms. The molecule has 1 fully saturated rings. The second kappa shape index (κ2) is 11.5. The maximum absolute atomic E-state index is 10.5. The summed E-state index contributed by atoms with van der Waals surface area (Å²) in [6.07, 6.45) is 6.85. The largest absolute Gasteiger partial charge is 0.481 e. The third kappa shape index (κ3) is 6.99. The Morgan fingerprint density at radius 3 is 2.37 bits per heavy atom. The highest BCUT2D eigenvalue weighted by atomic mass is 16.6. The minimum Gasteiger partial charge on any atom is -0.481 e. The quantitative estimate of drug-likeness (QED) is 0.320. The van der Waals surface area contributed by atoms with Crippen molar-refractivity contribution in [3.8, 4) is 0 Å². The number of oxime groups is 1. The summed E-state index contributed by atoms with van der Waals surface area (Å²) in [4.78, 5) is 16.1. The summed E-state index contributed by atoms with van der Waals surface area (Å²) in [6.45, 7) is 3.52. The normalized spacial score (nSPS) is 15.2. The maximum Gasteiger partial charge on any atom is 0.304 e. The summed E-state index contributed by atoms with van der Waals surface area (Å²) in [5, 5.41) is 16.0. The molecule has 2 aromatic rings. The van der Waals surface area contributed by atoms with Crippen LogP contribution in [0, 0.1) is 0 Å². The van der Waals surface area contributed by atoms with E-state index in [1.54, 1.807) is 0 Å². The Bertz CT molecular complexity index is 822. The molecule has 2 N–H and O–H groups in total. The van der Waals surface area contributed by atoms with Crippen LogP contribution in [-0.4, -0.2) is 23.3 Å². The van der Waals surface area contributed by atoms with Crippen molar-refractivity contribution in [2.24, 2.45) is 5.16 Å². The number of hydrogen-bond donors (Lipinski definition) is 2. The summed E-state index contributed by atoms with van der Waals surface area (Å²) < 4.78 is 0. The molecule has 30 heavy (non-hydrogen) atoms. The van der Waals surface area contributed by atoms with E-state index in [-0.39, 0.29) is 6.42 Å². The van der Waals surface area contributed by atoms with Crippen molar-refractivity contribution in [2.75, 3.05) is 6.54 Å². The van der Waals surface area contributed by atoms with Gasteiger partial charge in [-0.05, 0) is 47.9 Å². The van der Waals surface area contributed by atoms with Crippen LogP contribution >= 0.6 is 0 Å². The van der Waals surface area contributed by atoms with E-state index < -0.39 is 5.97 Å². The van der Waals surface area contributed by atoms with Crippen LogP contribution in [0.5, 0.6) is 0 Å². The number of nitrogens with one attached hydrogen (secondary N) is 1. The Hall–Kier alpha value is -2.66. The Labute approximate surface area is 179 Å². The topological polar surface area (TPSA) is 70.9 Å². The third-order valence-corrected chi connectivity index (χ3v) is 5.71. The van der Waals surface area contributed by atoms with E-state index in [9.17, 15) is 4.79 Å². The second-order valence-electron chi connectivity index (χ2n) is 8.04. The lowest BCUT2D eigenvalue weighted by Crippen LogP contribution is -2.17. The maximum atomic E-state index is 10.5. The SMILES string of the molecule is C/C(=N/OCc1ccc(C2CCCCC2)cc1)c1ccc(CNCCC(=O)O)cc1. The molecule has 0 heterocycles. The van der Waals surface area contributed by atoms with E-state index in [1.165, 1.54) is 37.7 Å². The molecule has 1 aliphatic rings. The van der Waals surface area contributed by atoms with Gasteiger partial charge in [0.1, 0.15) is 6.61 Å². The van der Waals surface area contributed by atoms with E-state index in [1.807, 2.05) is 31.2 Å². The highest BCUT2D eigenvalue weighted by molar-refractivity contribution is 5.98. The van der Waals surface area contributed by atoms with Crippen molar-refractivity contribution in [2.45, 2.75) is 64.5 Å². The predicted octanol–water partition coefficient (Wildman–Crippen LogP) is 5.24. The summed E-state index contributed by atoms with van der Waals surface area (Å²) in [5.74, 6) is -0.0609. The average molecular weight is 409 g/mol. The minimum absolute atomic E-state index is 0.129. The highest BCUT2D eigenvalue weighted by Crippen LogP contribution is 2.32. The molecule has 5 nitrogen and oxygen atoms in total. The van der Waals surface area contributed by atoms with Crippen LogP contribution in [0.15, 0.2) is 53.7 Å². The van der Waals surface area contributed by atoms with Crippen molar-refractivity contribution < 1.29 is 14.7 Å². The molecule has 1 saturated carbocycles. The van der Waals surface area contributed by atoms with Crippen molar-refractivity contribution in [1.29, 1.82) is 0 Å². The number of benzene rings is 2. The summed E-state index contributed by atoms with van der Waals surface area (Å²) in [7, 11) is 0. The molecule has 5 heteroatoms. The zero-order valence-corrected chi connectivity index (χ0v) is 17.8. The predicted molar refractivity (Wildman–Crippen MR) is 120 cm³/mol. The zero-order chi connectivity index (χ0) is 21.2. The highest BCUT2D eigenvalue weighted by Gasteiger charge is 2.15. The first-order chi connectivity index (χ1) is 14.6. The summed E-state index contributed by atoms with van der Waals surface area (Å²) in [6, 6.07) is 16.9. The van der Waals surface area contributed by atoms with Gasteiger partial charge in [0.15, 0.2) is 0 Å². The fourth-order valence-corrected chi connectivity index (χ4v) is 3.87. The molecule has 0 amide bonds. The Balaban J connectivity index is 1.44. The van der Waals surface area contributed by atoms with Crippen LogP contribution in [-0.2, 0) is 22.8 Å². The molecule has 3 rings (SSSR count). The van der Waals surface area contributed by atoms with Gasteiger partial charge in [-0.2, -0.15) is 0 Å². The summed E-state index contributed by atoms with van der Waals surface area (Å²) in [5.41, 5.74) is 5.54. The molecule has 160 valence electrons. The van der Waals surface area contributed by atoms with Crippen molar-refractivity contribution >= 4 is 11.7 Å². The van der Waals surface area contributed by atoms with Gasteiger partial charge >= 0.3 is 5.97 Å². The van der Waals surface area contributed by atoms with Crippen molar-refractivity contribution in [3.63, 3.8) is 0 Å². The number of hydrogen-bond acceptors (Lipinski definition) is 4. The average Bonchev–Trinajstić information content (AvgIpc) is 2.78. The van der Waals surface area contributed by atoms with E-state index in [0.29, 0.717) is 19.7 Å². The van der Waals surface area contributed by atoms with Crippen molar-refractivity contribution in [3.05, 3.63) is 70.8 Å². The molecule has 0 unspecified atom stereocenters. The molecule has 2 aromatic carbocycles. The van der Waals surface area contributed by atoms with Gasteiger partial charge in [0.25, 0.3) is 0 Å². The minimum atomic E-state index is -0.787. The van der Waals surface area contributed by atoms with Crippen LogP contribution in [0.1, 0.15) is 73.6 Å². The van der Waals surface area contributed by atoms with Crippen LogP contribution in [0.3, 0.4) is 0 Å². The molecular formula is C25H32N2O3. The Morgan fingerprint density at radius 2 is 1.70 bits per heavy atom. The first-order valence-corrected chi connectivity index (χ1v) is 10.9. The first-order valence-electron chi connectivity index (χ1n) is 10.9. The number of nitrogens with zero attached hydrogens (tertiary/aromatic N) is 1. The molecule has 0 radical (unpaired) electrons. The molecule has 0 aliphatic heterocycles. The second-order valence-corrected chi connectivity index (χ2v) is 8.04. The number of aliphatic carboxylic acids is 1. The zero-order valence-electron chi connectivity index (χ0n) is 17.8. The molecule has 0 atom stereocenters. The standard InChI is InChI=1S/C25H32N2O3/c1-19(22-11-7-20(8-12-22)17-26-16-15-25(28)29)27-30-18-21-9-13-24(14-10-21)23-5-3-2-4-6-23/h7-14,23,26H,2-6,15-18H2,1H3,(H,28,29)/b27-19-. The van der Waals surface area contributed by atoms with Gasteiger partial charge in [0.2, 0.25) is 0 Å². The fourth-order valence-electron chi connectivity index (χ4n) is 3.87. The number of rotatable bonds is 10. The monoisotopic (exact) mass is 408 g/mol. The van der Waals surface area contributed by atoms with Gasteiger partial charge in [0, 0.05) is 13.1 Å².